The Bertz CT molecular complexity index is 524. The molecule has 160 valence electrons. The van der Waals surface area contributed by atoms with Gasteiger partial charge in [-0.25, -0.2) is 4.99 Å². The molecule has 28 heavy (non-hydrogen) atoms. The molecule has 1 aromatic carbocycles. The quantitative estimate of drug-likeness (QED) is 0.256. The average Bonchev–Trinajstić information content (AvgIpc) is 2.71. The second kappa shape index (κ2) is 17.5. The lowest BCUT2D eigenvalue weighted by Gasteiger charge is -2.13. The smallest absolute Gasteiger partial charge is 0.191 e. The maximum absolute atomic E-state index is 5.69. The molecule has 0 saturated carbocycles. The SMILES string of the molecule is CCCCOCCOCCNC(=NCc1ccccc1COCCC)NCC. The van der Waals surface area contributed by atoms with Crippen molar-refractivity contribution >= 4 is 5.96 Å². The van der Waals surface area contributed by atoms with E-state index in [0.717, 1.165) is 45.0 Å². The third-order valence-electron chi connectivity index (χ3n) is 4.03. The van der Waals surface area contributed by atoms with Gasteiger partial charge in [0, 0.05) is 26.3 Å². The molecule has 6 nitrogen and oxygen atoms in total. The third kappa shape index (κ3) is 12.0. The Kier molecular flexibility index (Phi) is 15.2. The van der Waals surface area contributed by atoms with Gasteiger partial charge >= 0.3 is 0 Å². The predicted molar refractivity (Wildman–Crippen MR) is 116 cm³/mol. The molecule has 2 N–H and O–H groups in total. The lowest BCUT2D eigenvalue weighted by molar-refractivity contribution is 0.0487. The van der Waals surface area contributed by atoms with Gasteiger partial charge < -0.3 is 24.8 Å². The maximum Gasteiger partial charge on any atom is 0.191 e. The Labute approximate surface area is 171 Å². The van der Waals surface area contributed by atoms with Crippen molar-refractivity contribution in [3.8, 4) is 0 Å². The largest absolute Gasteiger partial charge is 0.379 e. The van der Waals surface area contributed by atoms with E-state index >= 15 is 0 Å². The molecule has 0 bridgehead atoms. The Balaban J connectivity index is 2.35. The molecular weight excluding hydrogens is 354 g/mol. The molecule has 0 heterocycles. The summed E-state index contributed by atoms with van der Waals surface area (Å²) in [5, 5.41) is 6.59. The molecule has 0 radical (unpaired) electrons. The van der Waals surface area contributed by atoms with E-state index in [1.54, 1.807) is 0 Å². The summed E-state index contributed by atoms with van der Waals surface area (Å²) in [7, 11) is 0. The highest BCUT2D eigenvalue weighted by molar-refractivity contribution is 5.79. The summed E-state index contributed by atoms with van der Waals surface area (Å²) in [6, 6.07) is 8.31. The van der Waals surface area contributed by atoms with Gasteiger partial charge in [-0.2, -0.15) is 0 Å². The van der Waals surface area contributed by atoms with Gasteiger partial charge in [0.2, 0.25) is 0 Å². The zero-order valence-electron chi connectivity index (χ0n) is 18.0. The monoisotopic (exact) mass is 393 g/mol. The minimum atomic E-state index is 0.618. The highest BCUT2D eigenvalue weighted by atomic mass is 16.5. The van der Waals surface area contributed by atoms with E-state index in [2.05, 4.69) is 43.5 Å². The fourth-order valence-corrected chi connectivity index (χ4v) is 2.49. The first-order valence-electron chi connectivity index (χ1n) is 10.6. The van der Waals surface area contributed by atoms with E-state index in [1.807, 2.05) is 12.1 Å². The lowest BCUT2D eigenvalue weighted by atomic mass is 10.1. The number of rotatable bonds is 16. The van der Waals surface area contributed by atoms with E-state index in [1.165, 1.54) is 11.1 Å². The molecule has 0 aliphatic carbocycles. The van der Waals surface area contributed by atoms with Crippen LogP contribution < -0.4 is 10.6 Å². The number of ether oxygens (including phenoxy) is 3. The zero-order valence-corrected chi connectivity index (χ0v) is 18.0. The number of hydrogen-bond acceptors (Lipinski definition) is 4. The van der Waals surface area contributed by atoms with Gasteiger partial charge in [0.1, 0.15) is 0 Å². The summed E-state index contributed by atoms with van der Waals surface area (Å²) in [5.41, 5.74) is 2.39. The van der Waals surface area contributed by atoms with Crippen molar-refractivity contribution in [1.82, 2.24) is 10.6 Å². The molecule has 6 heteroatoms. The first-order chi connectivity index (χ1) is 13.8. The number of unbranched alkanes of at least 4 members (excludes halogenated alkanes) is 1. The Morgan fingerprint density at radius 2 is 1.57 bits per heavy atom. The van der Waals surface area contributed by atoms with Crippen molar-refractivity contribution in [2.45, 2.75) is 53.2 Å². The van der Waals surface area contributed by atoms with Crippen LogP contribution in [0.5, 0.6) is 0 Å². The summed E-state index contributed by atoms with van der Waals surface area (Å²) in [6.07, 6.45) is 3.30. The topological polar surface area (TPSA) is 64.1 Å². The summed E-state index contributed by atoms with van der Waals surface area (Å²) in [5.74, 6) is 0.801. The summed E-state index contributed by atoms with van der Waals surface area (Å²) in [6.45, 7) is 12.6. The first kappa shape index (κ1) is 24.4. The molecule has 0 aromatic heterocycles. The Hall–Kier alpha value is -1.63. The van der Waals surface area contributed by atoms with Crippen molar-refractivity contribution < 1.29 is 14.2 Å². The molecule has 0 aliphatic rings. The summed E-state index contributed by atoms with van der Waals surface area (Å²) in [4.78, 5) is 4.70. The predicted octanol–water partition coefficient (Wildman–Crippen LogP) is 3.50. The summed E-state index contributed by atoms with van der Waals surface area (Å²) < 4.78 is 16.8. The fourth-order valence-electron chi connectivity index (χ4n) is 2.49. The normalized spacial score (nSPS) is 11.6. The second-order valence-corrected chi connectivity index (χ2v) is 6.52. The molecule has 0 amide bonds. The van der Waals surface area contributed by atoms with Gasteiger partial charge in [0.25, 0.3) is 0 Å². The molecule has 0 unspecified atom stereocenters. The van der Waals surface area contributed by atoms with Crippen LogP contribution in [0.4, 0.5) is 0 Å². The number of guanidine groups is 1. The molecule has 1 aromatic rings. The molecule has 0 atom stereocenters. The van der Waals surface area contributed by atoms with Crippen LogP contribution in [0, 0.1) is 0 Å². The van der Waals surface area contributed by atoms with Crippen molar-refractivity contribution in [2.24, 2.45) is 4.99 Å². The number of nitrogens with zero attached hydrogens (tertiary/aromatic N) is 1. The first-order valence-corrected chi connectivity index (χ1v) is 10.6. The number of nitrogens with one attached hydrogen (secondary N) is 2. The van der Waals surface area contributed by atoms with Crippen molar-refractivity contribution in [3.63, 3.8) is 0 Å². The fraction of sp³-hybridized carbons (Fsp3) is 0.682. The van der Waals surface area contributed by atoms with Gasteiger partial charge in [-0.05, 0) is 30.9 Å². The van der Waals surface area contributed by atoms with Crippen molar-refractivity contribution in [3.05, 3.63) is 35.4 Å². The molecule has 1 rings (SSSR count). The van der Waals surface area contributed by atoms with Crippen LogP contribution in [0.15, 0.2) is 29.3 Å². The van der Waals surface area contributed by atoms with Crippen LogP contribution in [-0.2, 0) is 27.4 Å². The third-order valence-corrected chi connectivity index (χ3v) is 4.03. The Morgan fingerprint density at radius 1 is 0.821 bits per heavy atom. The average molecular weight is 394 g/mol. The van der Waals surface area contributed by atoms with Gasteiger partial charge in [0.15, 0.2) is 5.96 Å². The van der Waals surface area contributed by atoms with Gasteiger partial charge in [-0.3, -0.25) is 0 Å². The zero-order chi connectivity index (χ0) is 20.3. The van der Waals surface area contributed by atoms with Crippen LogP contribution in [0.25, 0.3) is 0 Å². The number of hydrogen-bond donors (Lipinski definition) is 2. The van der Waals surface area contributed by atoms with E-state index in [9.17, 15) is 0 Å². The van der Waals surface area contributed by atoms with Gasteiger partial charge in [-0.1, -0.05) is 44.5 Å². The second-order valence-electron chi connectivity index (χ2n) is 6.52. The molecule has 0 spiro atoms. The van der Waals surface area contributed by atoms with Crippen LogP contribution >= 0.6 is 0 Å². The highest BCUT2D eigenvalue weighted by Crippen LogP contribution is 2.11. The molecule has 0 saturated heterocycles. The molecule has 0 fully saturated rings. The van der Waals surface area contributed by atoms with Crippen LogP contribution in [0.1, 0.15) is 51.2 Å². The van der Waals surface area contributed by atoms with Crippen molar-refractivity contribution in [2.75, 3.05) is 46.1 Å². The van der Waals surface area contributed by atoms with E-state index in [-0.39, 0.29) is 0 Å². The van der Waals surface area contributed by atoms with Crippen LogP contribution in [0.2, 0.25) is 0 Å². The molecular formula is C22H39N3O3. The van der Waals surface area contributed by atoms with Crippen LogP contribution in [0.3, 0.4) is 0 Å². The summed E-state index contributed by atoms with van der Waals surface area (Å²) >= 11 is 0. The van der Waals surface area contributed by atoms with Crippen LogP contribution in [-0.4, -0.2) is 52.1 Å². The lowest BCUT2D eigenvalue weighted by Crippen LogP contribution is -2.39. The molecule has 0 aliphatic heterocycles. The minimum Gasteiger partial charge on any atom is -0.379 e. The highest BCUT2D eigenvalue weighted by Gasteiger charge is 2.03. The van der Waals surface area contributed by atoms with Crippen molar-refractivity contribution in [1.29, 1.82) is 0 Å². The van der Waals surface area contributed by atoms with Gasteiger partial charge in [-0.15, -0.1) is 0 Å². The van der Waals surface area contributed by atoms with E-state index in [4.69, 9.17) is 19.2 Å². The maximum atomic E-state index is 5.69. The number of aliphatic imine (C=N–C) groups is 1. The minimum absolute atomic E-state index is 0.618. The van der Waals surface area contributed by atoms with E-state index < -0.39 is 0 Å². The van der Waals surface area contributed by atoms with Gasteiger partial charge in [0.05, 0.1) is 33.0 Å². The Morgan fingerprint density at radius 3 is 2.29 bits per heavy atom. The number of benzene rings is 1. The van der Waals surface area contributed by atoms with E-state index in [0.29, 0.717) is 39.5 Å². The standard InChI is InChI=1S/C22H39N3O3/c1-4-7-14-26-16-17-27-15-12-24-22(23-6-3)25-18-20-10-8-9-11-21(20)19-28-13-5-2/h8-11H,4-7,12-19H2,1-3H3,(H2,23,24,25).